The molecule has 0 rings (SSSR count). The molecular weight excluding hydrogens is 967 g/mol. The van der Waals surface area contributed by atoms with Crippen LogP contribution in [0, 0.1) is 0 Å². The molecular formula is Mn2Nb2O21Ti7. The van der Waals surface area contributed by atoms with E-state index in [4.69, 9.17) is 74.9 Å². The van der Waals surface area contributed by atoms with E-state index in [1.807, 2.05) is 0 Å². The summed E-state index contributed by atoms with van der Waals surface area (Å²) in [6.07, 6.45) is 0. The molecule has 0 aromatic rings. The molecule has 0 fully saturated rings. The van der Waals surface area contributed by atoms with Crippen molar-refractivity contribution in [1.82, 2.24) is 0 Å². The fraction of sp³-hybridized carbons (Fsp3) is 0. The first-order chi connectivity index (χ1) is 12.1. The van der Waals surface area contributed by atoms with Gasteiger partial charge in [-0.1, -0.05) is 0 Å². The molecule has 0 bridgehead atoms. The second-order valence-corrected chi connectivity index (χ2v) is 7.22. The maximum atomic E-state index is 8.58. The summed E-state index contributed by atoms with van der Waals surface area (Å²) in [6, 6.07) is 0. The van der Waals surface area contributed by atoms with Gasteiger partial charge in [0.2, 0.25) is 0 Å². The molecule has 0 atom stereocenters. The van der Waals surface area contributed by atoms with Crippen LogP contribution < -0.4 is 51.6 Å². The van der Waals surface area contributed by atoms with Crippen molar-refractivity contribution in [2.45, 2.75) is 0 Å². The van der Waals surface area contributed by atoms with Crippen molar-refractivity contribution in [3.63, 3.8) is 0 Å². The maximum absolute atomic E-state index is 8.58. The Labute approximate surface area is 278 Å². The standard InChI is InChI=1S/2Mn.2Nb.21O.7Ti/q2*+2;2*+5;;;;;;;;14*-1;;;;;;;. The SMILES string of the molecule is [Mn+2].[Mn+2].[Nb+5].[Nb+5].[O]=[Ti]([O-])[O-].[O]=[Ti]([O-])[O-].[O]=[Ti]([O-])[O-].[O]=[Ti]([O-])[O-].[O]=[Ti]([O-])[O-].[O]=[Ti]([O-])[O-].[O]=[Ti]([O-])[O-]. The van der Waals surface area contributed by atoms with Gasteiger partial charge in [0.05, 0.1) is 0 Å². The average Bonchev–Trinajstić information content (AvgIpc) is 2.20. The van der Waals surface area contributed by atoms with Crippen LogP contribution in [0.1, 0.15) is 0 Å². The third kappa shape index (κ3) is 1370. The molecule has 0 spiro atoms. The number of rotatable bonds is 0. The molecule has 2 radical (unpaired) electrons. The van der Waals surface area contributed by atoms with Gasteiger partial charge in [0, 0.05) is 0 Å². The normalized spacial score (nSPS) is 5.69. The summed E-state index contributed by atoms with van der Waals surface area (Å²) in [4.78, 5) is 0. The molecule has 0 aliphatic heterocycles. The van der Waals surface area contributed by atoms with E-state index >= 15 is 0 Å². The quantitative estimate of drug-likeness (QED) is 0.203. The summed E-state index contributed by atoms with van der Waals surface area (Å²) in [5.74, 6) is 0. The minimum atomic E-state index is -4.08. The zero-order valence-electron chi connectivity index (χ0n) is 13.7. The van der Waals surface area contributed by atoms with E-state index < -0.39 is 130 Å². The average molecular weight is 967 g/mol. The van der Waals surface area contributed by atoms with Gasteiger partial charge in [-0.15, -0.1) is 0 Å². The van der Waals surface area contributed by atoms with E-state index in [2.05, 4.69) is 0 Å². The Bertz CT molecular complexity index is 323. The van der Waals surface area contributed by atoms with Gasteiger partial charge in [0.25, 0.3) is 0 Å². The van der Waals surface area contributed by atoms with E-state index in [9.17, 15) is 0 Å². The Hall–Kier alpha value is 5.56. The summed E-state index contributed by atoms with van der Waals surface area (Å²) >= 11 is -28.6. The van der Waals surface area contributed by atoms with Gasteiger partial charge in [-0.3, -0.25) is 0 Å². The summed E-state index contributed by atoms with van der Waals surface area (Å²) in [5.41, 5.74) is 0. The van der Waals surface area contributed by atoms with E-state index in [1.165, 1.54) is 0 Å². The Kier molecular flexibility index (Phi) is 146. The Morgan fingerprint density at radius 1 is 0.250 bits per heavy atom. The molecule has 0 heterocycles. The third-order valence-electron chi connectivity index (χ3n) is 0. The second-order valence-electron chi connectivity index (χ2n) is 1.75. The van der Waals surface area contributed by atoms with Crippen LogP contribution in [-0.4, -0.2) is 0 Å². The van der Waals surface area contributed by atoms with E-state index in [0.717, 1.165) is 0 Å². The summed E-state index contributed by atoms with van der Waals surface area (Å²) < 4.78 is 180. The van der Waals surface area contributed by atoms with Gasteiger partial charge < -0.3 is 0 Å². The van der Waals surface area contributed by atoms with E-state index in [1.54, 1.807) is 0 Å². The molecule has 32 heteroatoms. The summed E-state index contributed by atoms with van der Waals surface area (Å²) in [7, 11) is 0. The van der Waals surface area contributed by atoms with Crippen molar-refractivity contribution < 1.29 is 284 Å². The van der Waals surface area contributed by atoms with E-state index in [-0.39, 0.29) is 78.9 Å². The second kappa shape index (κ2) is 65.5. The van der Waals surface area contributed by atoms with Gasteiger partial charge in [0.15, 0.2) is 0 Å². The first-order valence-electron chi connectivity index (χ1n) is 4.29. The predicted molar refractivity (Wildman–Crippen MR) is 4.81 cm³/mol. The van der Waals surface area contributed by atoms with Gasteiger partial charge in [0.1, 0.15) is 0 Å². The van der Waals surface area contributed by atoms with Gasteiger partial charge in [-0.05, 0) is 0 Å². The zero-order chi connectivity index (χ0) is 25.0. The molecule has 0 saturated heterocycles. The number of hydrogen-bond donors (Lipinski definition) is 0. The Morgan fingerprint density at radius 3 is 0.250 bits per heavy atom. The fourth-order valence-corrected chi connectivity index (χ4v) is 0. The third-order valence-corrected chi connectivity index (χ3v) is 0. The summed E-state index contributed by atoms with van der Waals surface area (Å²) in [6.45, 7) is 0. The van der Waals surface area contributed by atoms with Crippen molar-refractivity contribution in [1.29, 1.82) is 0 Å². The molecule has 0 aliphatic rings. The molecule has 178 valence electrons. The van der Waals surface area contributed by atoms with Crippen LogP contribution in [0.5, 0.6) is 0 Å². The first kappa shape index (κ1) is 71.2. The molecule has 0 N–H and O–H groups in total. The molecule has 0 aliphatic carbocycles. The molecule has 32 heavy (non-hydrogen) atoms. The summed E-state index contributed by atoms with van der Waals surface area (Å²) in [5, 5.41) is 0. The van der Waals surface area contributed by atoms with Crippen LogP contribution in [0.25, 0.3) is 0 Å². The van der Waals surface area contributed by atoms with Crippen molar-refractivity contribution in [2.24, 2.45) is 0 Å². The molecule has 0 aromatic carbocycles. The molecule has 0 saturated carbocycles. The number of hydrogen-bond acceptors (Lipinski definition) is 21. The minimum absolute atomic E-state index is 0. The van der Waals surface area contributed by atoms with Gasteiger partial charge in [-0.25, -0.2) is 0 Å². The zero-order valence-corrected chi connectivity index (χ0v) is 31.4. The molecule has 0 aromatic heterocycles. The predicted octanol–water partition coefficient (Wildman–Crippen LogP) is -17.5. The fourth-order valence-electron chi connectivity index (χ4n) is 0. The van der Waals surface area contributed by atoms with Crippen molar-refractivity contribution in [2.75, 3.05) is 0 Å². The Balaban J connectivity index is -0.0000000175. The molecule has 0 amide bonds. The van der Waals surface area contributed by atoms with Crippen LogP contribution in [0.2, 0.25) is 0 Å². The van der Waals surface area contributed by atoms with Crippen molar-refractivity contribution in [3.8, 4) is 0 Å². The van der Waals surface area contributed by atoms with Crippen LogP contribution in [0.3, 0.4) is 0 Å². The van der Waals surface area contributed by atoms with Crippen molar-refractivity contribution in [3.05, 3.63) is 0 Å². The molecule has 0 unspecified atom stereocenters. The monoisotopic (exact) mass is 967 g/mol. The van der Waals surface area contributed by atoms with Crippen LogP contribution >= 0.6 is 0 Å². The van der Waals surface area contributed by atoms with Crippen LogP contribution in [0.4, 0.5) is 0 Å². The van der Waals surface area contributed by atoms with Gasteiger partial charge >= 0.3 is 284 Å². The van der Waals surface area contributed by atoms with E-state index in [0.29, 0.717) is 0 Å². The first-order valence-corrected chi connectivity index (χ1v) is 17.7. The van der Waals surface area contributed by atoms with Crippen molar-refractivity contribution >= 4 is 0 Å². The topological polar surface area (TPSA) is 442 Å². The molecule has 21 nitrogen and oxygen atoms in total. The van der Waals surface area contributed by atoms with Crippen LogP contribution in [-0.2, 0) is 232 Å². The Morgan fingerprint density at radius 2 is 0.250 bits per heavy atom. The van der Waals surface area contributed by atoms with Gasteiger partial charge in [-0.2, -0.15) is 0 Å². The van der Waals surface area contributed by atoms with Crippen LogP contribution in [0.15, 0.2) is 0 Å².